The van der Waals surface area contributed by atoms with Crippen LogP contribution >= 0.6 is 0 Å². The van der Waals surface area contributed by atoms with Crippen LogP contribution in [0.3, 0.4) is 0 Å². The van der Waals surface area contributed by atoms with Crippen molar-refractivity contribution in [1.82, 2.24) is 0 Å². The van der Waals surface area contributed by atoms with Crippen molar-refractivity contribution < 1.29 is 4.42 Å². The molecule has 0 aliphatic rings. The van der Waals surface area contributed by atoms with Crippen LogP contribution in [0.2, 0.25) is 0 Å². The highest BCUT2D eigenvalue weighted by atomic mass is 16.3. The van der Waals surface area contributed by atoms with Crippen molar-refractivity contribution in [2.45, 2.75) is 0 Å². The Morgan fingerprint density at radius 3 is 2.67 bits per heavy atom. The molecule has 0 unspecified atom stereocenters. The summed E-state index contributed by atoms with van der Waals surface area (Å²) in [6, 6.07) is 19.2. The van der Waals surface area contributed by atoms with Gasteiger partial charge in [-0.2, -0.15) is 0 Å². The average molecular weight is 193 g/mol. The van der Waals surface area contributed by atoms with Gasteiger partial charge in [0.2, 0.25) is 0 Å². The van der Waals surface area contributed by atoms with E-state index in [1.54, 1.807) is 6.26 Å². The summed E-state index contributed by atoms with van der Waals surface area (Å²) >= 11 is 0. The Bertz CT molecular complexity index is 578. The van der Waals surface area contributed by atoms with Crippen LogP contribution in [0.15, 0.2) is 59.2 Å². The quantitative estimate of drug-likeness (QED) is 0.571. The van der Waals surface area contributed by atoms with Crippen LogP contribution in [-0.2, 0) is 0 Å². The van der Waals surface area contributed by atoms with E-state index >= 15 is 0 Å². The van der Waals surface area contributed by atoms with Gasteiger partial charge in [0.25, 0.3) is 0 Å². The normalized spacial score (nSPS) is 10.7. The molecule has 0 saturated carbocycles. The summed E-state index contributed by atoms with van der Waals surface area (Å²) in [5, 5.41) is 2.27. The van der Waals surface area contributed by atoms with Gasteiger partial charge in [-0.1, -0.05) is 48.5 Å². The third-order valence-electron chi connectivity index (χ3n) is 2.46. The van der Waals surface area contributed by atoms with Crippen LogP contribution in [0, 0.1) is 6.07 Å². The maximum absolute atomic E-state index is 5.57. The van der Waals surface area contributed by atoms with Crippen LogP contribution in [0.4, 0.5) is 0 Å². The van der Waals surface area contributed by atoms with Gasteiger partial charge in [-0.3, -0.25) is 0 Å². The summed E-state index contributed by atoms with van der Waals surface area (Å²) in [6.45, 7) is 0. The molecule has 0 N–H and O–H groups in total. The van der Waals surface area contributed by atoms with Crippen molar-refractivity contribution in [2.75, 3.05) is 0 Å². The second-order valence-corrected chi connectivity index (χ2v) is 3.43. The number of hydrogen-bond acceptors (Lipinski definition) is 1. The molecule has 0 bridgehead atoms. The Kier molecular flexibility index (Phi) is 1.82. The molecular weight excluding hydrogens is 184 g/mol. The molecule has 15 heavy (non-hydrogen) atoms. The monoisotopic (exact) mass is 193 g/mol. The first-order chi connectivity index (χ1) is 7.45. The summed E-state index contributed by atoms with van der Waals surface area (Å²) in [5.41, 5.74) is 0.999. The molecule has 2 aromatic carbocycles. The first-order valence-electron chi connectivity index (χ1n) is 4.88. The number of furan rings is 1. The zero-order valence-electron chi connectivity index (χ0n) is 8.10. The van der Waals surface area contributed by atoms with E-state index in [2.05, 4.69) is 12.1 Å². The van der Waals surface area contributed by atoms with E-state index in [0.29, 0.717) is 0 Å². The number of benzene rings is 2. The van der Waals surface area contributed by atoms with Gasteiger partial charge >= 0.3 is 0 Å². The highest BCUT2D eigenvalue weighted by Gasteiger charge is 2.06. The lowest BCUT2D eigenvalue weighted by Gasteiger charge is -1.95. The van der Waals surface area contributed by atoms with Gasteiger partial charge in [-0.15, -0.1) is 0 Å². The van der Waals surface area contributed by atoms with Crippen LogP contribution < -0.4 is 0 Å². The third-order valence-corrected chi connectivity index (χ3v) is 2.46. The molecule has 0 amide bonds. The molecule has 3 rings (SSSR count). The predicted molar refractivity (Wildman–Crippen MR) is 60.5 cm³/mol. The van der Waals surface area contributed by atoms with E-state index in [0.717, 1.165) is 22.1 Å². The molecule has 0 aliphatic heterocycles. The lowest BCUT2D eigenvalue weighted by molar-refractivity contribution is 0.587. The Morgan fingerprint density at radius 1 is 0.933 bits per heavy atom. The first-order valence-corrected chi connectivity index (χ1v) is 4.88. The summed E-state index contributed by atoms with van der Waals surface area (Å²) < 4.78 is 5.57. The Labute approximate surface area is 88.0 Å². The minimum atomic E-state index is 0.895. The van der Waals surface area contributed by atoms with E-state index in [1.807, 2.05) is 42.5 Å². The topological polar surface area (TPSA) is 13.1 Å². The summed E-state index contributed by atoms with van der Waals surface area (Å²) in [7, 11) is 0. The second-order valence-electron chi connectivity index (χ2n) is 3.43. The maximum Gasteiger partial charge on any atom is 0.142 e. The van der Waals surface area contributed by atoms with Crippen LogP contribution in [0.5, 0.6) is 0 Å². The molecule has 0 saturated heterocycles. The minimum Gasteiger partial charge on any atom is -0.463 e. The molecule has 3 aromatic rings. The lowest BCUT2D eigenvalue weighted by atomic mass is 10.1. The molecular formula is C14H9O. The summed E-state index contributed by atoms with van der Waals surface area (Å²) in [5.74, 6) is 0.895. The number of fused-ring (bicyclic) bond motifs is 1. The second kappa shape index (κ2) is 3.28. The van der Waals surface area contributed by atoms with Crippen LogP contribution in [0.25, 0.3) is 22.1 Å². The zero-order valence-corrected chi connectivity index (χ0v) is 8.10. The zero-order chi connectivity index (χ0) is 10.1. The summed E-state index contributed by atoms with van der Waals surface area (Å²) in [6.07, 6.45) is 1.78. The largest absolute Gasteiger partial charge is 0.463 e. The van der Waals surface area contributed by atoms with E-state index in [4.69, 9.17) is 4.42 Å². The molecule has 0 aliphatic carbocycles. The van der Waals surface area contributed by atoms with Gasteiger partial charge in [-0.25, -0.2) is 0 Å². The standard InChI is InChI=1S/C14H9O/c1-2-6-11(7-3-1)14-13-9-5-4-8-12(13)10-15-14/h1-6,8-10H. The number of rotatable bonds is 1. The molecule has 0 fully saturated rings. The van der Waals surface area contributed by atoms with E-state index in [-0.39, 0.29) is 0 Å². The fraction of sp³-hybridized carbons (Fsp3) is 0. The fourth-order valence-electron chi connectivity index (χ4n) is 1.74. The molecule has 1 heterocycles. The maximum atomic E-state index is 5.57. The van der Waals surface area contributed by atoms with Gasteiger partial charge in [0.05, 0.1) is 6.26 Å². The van der Waals surface area contributed by atoms with Gasteiger partial charge in [0, 0.05) is 16.3 Å². The smallest absolute Gasteiger partial charge is 0.142 e. The highest BCUT2D eigenvalue weighted by molar-refractivity contribution is 5.93. The molecule has 1 aromatic heterocycles. The van der Waals surface area contributed by atoms with Gasteiger partial charge in [-0.05, 0) is 6.07 Å². The van der Waals surface area contributed by atoms with Crippen molar-refractivity contribution in [2.24, 2.45) is 0 Å². The Hall–Kier alpha value is -2.02. The van der Waals surface area contributed by atoms with Crippen molar-refractivity contribution in [3.63, 3.8) is 0 Å². The van der Waals surface area contributed by atoms with Gasteiger partial charge < -0.3 is 4.42 Å². The molecule has 0 spiro atoms. The third kappa shape index (κ3) is 1.33. The highest BCUT2D eigenvalue weighted by Crippen LogP contribution is 2.29. The SMILES string of the molecule is [c]1ccccc1-c1occ2ccccc12. The Balaban J connectivity index is 2.28. The Morgan fingerprint density at radius 2 is 1.80 bits per heavy atom. The first kappa shape index (κ1) is 8.30. The van der Waals surface area contributed by atoms with Crippen molar-refractivity contribution >= 4 is 10.8 Å². The van der Waals surface area contributed by atoms with Crippen LogP contribution in [-0.4, -0.2) is 0 Å². The lowest BCUT2D eigenvalue weighted by Crippen LogP contribution is -1.73. The van der Waals surface area contributed by atoms with Crippen LogP contribution in [0.1, 0.15) is 0 Å². The van der Waals surface area contributed by atoms with Crippen molar-refractivity contribution in [1.29, 1.82) is 0 Å². The van der Waals surface area contributed by atoms with E-state index in [1.165, 1.54) is 0 Å². The predicted octanol–water partition coefficient (Wildman–Crippen LogP) is 3.90. The van der Waals surface area contributed by atoms with E-state index in [9.17, 15) is 0 Å². The van der Waals surface area contributed by atoms with Gasteiger partial charge in [0.1, 0.15) is 5.76 Å². The van der Waals surface area contributed by atoms with E-state index < -0.39 is 0 Å². The molecule has 1 heteroatoms. The van der Waals surface area contributed by atoms with Gasteiger partial charge in [0.15, 0.2) is 0 Å². The molecule has 1 radical (unpaired) electrons. The number of hydrogen-bond donors (Lipinski definition) is 0. The van der Waals surface area contributed by atoms with Crippen molar-refractivity contribution in [3.8, 4) is 11.3 Å². The molecule has 0 atom stereocenters. The fourth-order valence-corrected chi connectivity index (χ4v) is 1.74. The minimum absolute atomic E-state index is 0.895. The average Bonchev–Trinajstić information content (AvgIpc) is 2.74. The molecule has 1 nitrogen and oxygen atoms in total. The molecule has 71 valence electrons. The summed E-state index contributed by atoms with van der Waals surface area (Å²) in [4.78, 5) is 0. The van der Waals surface area contributed by atoms with Crippen molar-refractivity contribution in [3.05, 3.63) is 60.9 Å².